The average Bonchev–Trinajstić information content (AvgIpc) is 2.64. The average molecular weight is 373 g/mol. The van der Waals surface area contributed by atoms with Crippen LogP contribution in [0.15, 0.2) is 72.9 Å². The first kappa shape index (κ1) is 24.5. The van der Waals surface area contributed by atoms with Gasteiger partial charge in [0, 0.05) is 12.3 Å². The van der Waals surface area contributed by atoms with Gasteiger partial charge >= 0.3 is 5.97 Å². The molecule has 0 spiro atoms. The molecule has 0 aromatic carbocycles. The lowest BCUT2D eigenvalue weighted by molar-refractivity contribution is -0.136. The van der Waals surface area contributed by atoms with Crippen LogP contribution in [0.2, 0.25) is 0 Å². The van der Waals surface area contributed by atoms with Gasteiger partial charge in [0.1, 0.15) is 6.29 Å². The van der Waals surface area contributed by atoms with E-state index < -0.39 is 12.1 Å². The second-order valence-corrected chi connectivity index (χ2v) is 5.98. The fourth-order valence-electron chi connectivity index (χ4n) is 2.03. The van der Waals surface area contributed by atoms with Crippen LogP contribution < -0.4 is 0 Å². The van der Waals surface area contributed by atoms with Crippen LogP contribution in [0.1, 0.15) is 45.4 Å². The Labute approximate surface area is 163 Å². The third kappa shape index (κ3) is 18.1. The molecule has 0 aliphatic heterocycles. The van der Waals surface area contributed by atoms with Crippen molar-refractivity contribution in [2.24, 2.45) is 5.92 Å². The number of aliphatic hydroxyl groups excluding tert-OH is 1. The Morgan fingerprint density at radius 3 is 2.19 bits per heavy atom. The summed E-state index contributed by atoms with van der Waals surface area (Å²) in [5.41, 5.74) is 0. The highest BCUT2D eigenvalue weighted by molar-refractivity contribution is 5.66. The molecule has 0 saturated carbocycles. The molecular weight excluding hydrogens is 340 g/mol. The molecule has 2 atom stereocenters. The fraction of sp³-hybridized carbons (Fsp3) is 0.391. The van der Waals surface area contributed by atoms with Gasteiger partial charge in [0.2, 0.25) is 0 Å². The molecule has 0 radical (unpaired) electrons. The van der Waals surface area contributed by atoms with Crippen LogP contribution in [0, 0.1) is 5.92 Å². The summed E-state index contributed by atoms with van der Waals surface area (Å²) in [4.78, 5) is 21.4. The van der Waals surface area contributed by atoms with E-state index in [0.29, 0.717) is 19.3 Å². The van der Waals surface area contributed by atoms with Gasteiger partial charge in [0.15, 0.2) is 0 Å². The van der Waals surface area contributed by atoms with E-state index in [-0.39, 0.29) is 12.3 Å². The molecule has 27 heavy (non-hydrogen) atoms. The number of carboxylic acid groups (broad SMARTS) is 1. The zero-order chi connectivity index (χ0) is 20.2. The molecule has 4 nitrogen and oxygen atoms in total. The third-order valence-corrected chi connectivity index (χ3v) is 3.51. The van der Waals surface area contributed by atoms with Gasteiger partial charge < -0.3 is 15.0 Å². The molecule has 0 aromatic heterocycles. The number of carbonyl (C=O) groups excluding carboxylic acids is 1. The predicted octanol–water partition coefficient (Wildman–Crippen LogP) is 4.94. The Morgan fingerprint density at radius 1 is 0.889 bits per heavy atom. The number of aliphatic carboxylic acids is 1. The molecule has 0 fully saturated rings. The second kappa shape index (κ2) is 18.3. The molecule has 0 aliphatic carbocycles. The fourth-order valence-corrected chi connectivity index (χ4v) is 2.03. The highest BCUT2D eigenvalue weighted by atomic mass is 16.4. The van der Waals surface area contributed by atoms with E-state index in [1.165, 1.54) is 0 Å². The van der Waals surface area contributed by atoms with Crippen molar-refractivity contribution in [1.82, 2.24) is 0 Å². The molecule has 0 bridgehead atoms. The van der Waals surface area contributed by atoms with Crippen molar-refractivity contribution in [3.63, 3.8) is 0 Å². The Morgan fingerprint density at radius 2 is 1.56 bits per heavy atom. The molecule has 1 unspecified atom stereocenters. The molecule has 2 N–H and O–H groups in total. The van der Waals surface area contributed by atoms with E-state index in [4.69, 9.17) is 5.11 Å². The quantitative estimate of drug-likeness (QED) is 0.242. The lowest BCUT2D eigenvalue weighted by atomic mass is 10.1. The second-order valence-electron chi connectivity index (χ2n) is 5.98. The molecule has 0 rings (SSSR count). The molecule has 0 aromatic rings. The first-order valence-electron chi connectivity index (χ1n) is 9.41. The van der Waals surface area contributed by atoms with Crippen molar-refractivity contribution in [2.45, 2.75) is 51.6 Å². The lowest BCUT2D eigenvalue weighted by Crippen LogP contribution is -1.98. The maximum absolute atomic E-state index is 11.0. The predicted molar refractivity (Wildman–Crippen MR) is 111 cm³/mol. The number of hydrogen-bond donors (Lipinski definition) is 2. The SMILES string of the molecule is CC/C=C\C[C@@H](O)/C=C/C=C\C/C=C\C=C\C(C=O)C/C=C\CCC(=O)O. The van der Waals surface area contributed by atoms with Gasteiger partial charge in [-0.15, -0.1) is 0 Å². The van der Waals surface area contributed by atoms with E-state index in [1.54, 1.807) is 12.2 Å². The summed E-state index contributed by atoms with van der Waals surface area (Å²) in [5, 5.41) is 18.2. The number of aldehydes is 1. The molecular formula is C23H32O4. The van der Waals surface area contributed by atoms with Gasteiger partial charge in [-0.3, -0.25) is 4.79 Å². The zero-order valence-corrected chi connectivity index (χ0v) is 16.1. The van der Waals surface area contributed by atoms with Crippen LogP contribution in [0.3, 0.4) is 0 Å². The van der Waals surface area contributed by atoms with Crippen molar-refractivity contribution in [2.75, 3.05) is 0 Å². The molecule has 148 valence electrons. The molecule has 0 amide bonds. The number of hydrogen-bond acceptors (Lipinski definition) is 3. The topological polar surface area (TPSA) is 74.6 Å². The summed E-state index contributed by atoms with van der Waals surface area (Å²) in [6.45, 7) is 2.06. The first-order chi connectivity index (χ1) is 13.1. The van der Waals surface area contributed by atoms with Gasteiger partial charge in [-0.25, -0.2) is 0 Å². The molecule has 4 heteroatoms. The maximum Gasteiger partial charge on any atom is 0.303 e. The summed E-state index contributed by atoms with van der Waals surface area (Å²) in [6.07, 6.45) is 26.7. The van der Waals surface area contributed by atoms with Gasteiger partial charge in [0.25, 0.3) is 0 Å². The Hall–Kier alpha value is -2.46. The Bertz CT molecular complexity index is 565. The van der Waals surface area contributed by atoms with Crippen molar-refractivity contribution >= 4 is 12.3 Å². The van der Waals surface area contributed by atoms with Gasteiger partial charge in [-0.1, -0.05) is 79.8 Å². The standard InChI is InChI=1S/C23H32O4/c1-2-3-10-17-22(25)18-13-8-6-4-5-7-11-15-21(20-24)16-12-9-14-19-23(26)27/h3,5-13,15,18,20-22,25H,2,4,14,16-17,19H2,1H3,(H,26,27)/b7-5-,8-6-,10-3-,12-9-,15-11+,18-13+/t21?,22-/m1/s1. The van der Waals surface area contributed by atoms with E-state index >= 15 is 0 Å². The summed E-state index contributed by atoms with van der Waals surface area (Å²) < 4.78 is 0. The molecule has 0 aliphatic rings. The zero-order valence-electron chi connectivity index (χ0n) is 16.1. The van der Waals surface area contributed by atoms with Crippen LogP contribution >= 0.6 is 0 Å². The van der Waals surface area contributed by atoms with E-state index in [0.717, 1.165) is 19.1 Å². The number of rotatable bonds is 15. The smallest absolute Gasteiger partial charge is 0.303 e. The lowest BCUT2D eigenvalue weighted by Gasteiger charge is -1.98. The van der Waals surface area contributed by atoms with Crippen molar-refractivity contribution in [3.05, 3.63) is 72.9 Å². The number of allylic oxidation sites excluding steroid dienone is 10. The summed E-state index contributed by atoms with van der Waals surface area (Å²) >= 11 is 0. The summed E-state index contributed by atoms with van der Waals surface area (Å²) in [6, 6.07) is 0. The van der Waals surface area contributed by atoms with Crippen LogP contribution in [0.5, 0.6) is 0 Å². The maximum atomic E-state index is 11.0. The Kier molecular flexibility index (Phi) is 16.7. The van der Waals surface area contributed by atoms with Crippen LogP contribution in [-0.4, -0.2) is 28.6 Å². The highest BCUT2D eigenvalue weighted by Gasteiger charge is 1.98. The summed E-state index contributed by atoms with van der Waals surface area (Å²) in [7, 11) is 0. The van der Waals surface area contributed by atoms with Crippen molar-refractivity contribution in [3.8, 4) is 0 Å². The van der Waals surface area contributed by atoms with Crippen LogP contribution in [0.4, 0.5) is 0 Å². The number of carbonyl (C=O) groups is 2. The minimum absolute atomic E-state index is 0.110. The van der Waals surface area contributed by atoms with Crippen LogP contribution in [0.25, 0.3) is 0 Å². The van der Waals surface area contributed by atoms with Crippen molar-refractivity contribution in [1.29, 1.82) is 0 Å². The van der Waals surface area contributed by atoms with E-state index in [9.17, 15) is 14.7 Å². The first-order valence-corrected chi connectivity index (χ1v) is 9.41. The molecule has 0 heterocycles. The monoisotopic (exact) mass is 372 g/mol. The number of carboxylic acids is 1. The Balaban J connectivity index is 4.02. The van der Waals surface area contributed by atoms with Gasteiger partial charge in [-0.2, -0.15) is 0 Å². The van der Waals surface area contributed by atoms with Gasteiger partial charge in [0.05, 0.1) is 6.10 Å². The normalized spacial score (nSPS) is 15.2. The molecule has 0 saturated heterocycles. The third-order valence-electron chi connectivity index (χ3n) is 3.51. The van der Waals surface area contributed by atoms with Gasteiger partial charge in [-0.05, 0) is 32.1 Å². The van der Waals surface area contributed by atoms with Crippen molar-refractivity contribution < 1.29 is 19.8 Å². The summed E-state index contributed by atoms with van der Waals surface area (Å²) in [5.74, 6) is -1.01. The van der Waals surface area contributed by atoms with E-state index in [1.807, 2.05) is 60.8 Å². The largest absolute Gasteiger partial charge is 0.481 e. The number of aliphatic hydroxyl groups is 1. The minimum atomic E-state index is -0.818. The van der Waals surface area contributed by atoms with Crippen LogP contribution in [-0.2, 0) is 9.59 Å². The highest BCUT2D eigenvalue weighted by Crippen LogP contribution is 2.04. The minimum Gasteiger partial charge on any atom is -0.481 e. The van der Waals surface area contributed by atoms with E-state index in [2.05, 4.69) is 6.92 Å².